The van der Waals surface area contributed by atoms with Gasteiger partial charge in [-0.2, -0.15) is 4.31 Å². The molecule has 0 amide bonds. The van der Waals surface area contributed by atoms with Crippen molar-refractivity contribution in [1.29, 1.82) is 0 Å². The fourth-order valence-electron chi connectivity index (χ4n) is 3.68. The van der Waals surface area contributed by atoms with E-state index < -0.39 is 27.0 Å². The van der Waals surface area contributed by atoms with Crippen LogP contribution in [-0.4, -0.2) is 60.2 Å². The fourth-order valence-corrected chi connectivity index (χ4v) is 5.22. The Morgan fingerprint density at radius 1 is 0.971 bits per heavy atom. The zero-order valence-electron chi connectivity index (χ0n) is 19.0. The number of nitrogens with one attached hydrogen (secondary N) is 1. The van der Waals surface area contributed by atoms with Gasteiger partial charge in [-0.05, 0) is 43.7 Å². The average Bonchev–Trinajstić information content (AvgIpc) is 2.78. The van der Waals surface area contributed by atoms with Gasteiger partial charge in [0, 0.05) is 38.4 Å². The zero-order chi connectivity index (χ0) is 25.2. The van der Waals surface area contributed by atoms with Crippen LogP contribution in [0.25, 0.3) is 0 Å². The molecule has 3 heterocycles. The van der Waals surface area contributed by atoms with E-state index in [0.717, 1.165) is 22.0 Å². The third kappa shape index (κ3) is 5.98. The first-order valence-corrected chi connectivity index (χ1v) is 12.1. The first-order chi connectivity index (χ1) is 16.5. The van der Waals surface area contributed by atoms with Crippen LogP contribution in [-0.2, 0) is 10.0 Å². The molecule has 13 heteroatoms. The normalized spacial score (nSPS) is 15.2. The number of hydrogen-bond acceptors (Lipinski definition) is 8. The maximum atomic E-state index is 13.1. The van der Waals surface area contributed by atoms with E-state index in [0.29, 0.717) is 36.4 Å². The van der Waals surface area contributed by atoms with Crippen LogP contribution in [0.15, 0.2) is 53.6 Å². The molecule has 1 aromatic carbocycles. The highest BCUT2D eigenvalue weighted by molar-refractivity contribution is 7.89. The molecular weight excluding hydrogens is 485 g/mol. The molecule has 0 aliphatic carbocycles. The van der Waals surface area contributed by atoms with Crippen LogP contribution in [0.5, 0.6) is 5.75 Å². The number of aryl methyl sites for hydroxylation is 2. The topological polar surface area (TPSA) is 101 Å². The van der Waals surface area contributed by atoms with Crippen LogP contribution in [0.3, 0.4) is 0 Å². The lowest BCUT2D eigenvalue weighted by molar-refractivity contribution is -0.275. The monoisotopic (exact) mass is 508 g/mol. The highest BCUT2D eigenvalue weighted by Gasteiger charge is 2.36. The third-order valence-electron chi connectivity index (χ3n) is 5.25. The molecule has 9 nitrogen and oxygen atoms in total. The van der Waals surface area contributed by atoms with E-state index in [-0.39, 0.29) is 13.1 Å². The first kappa shape index (κ1) is 24.7. The Labute approximate surface area is 200 Å². The summed E-state index contributed by atoms with van der Waals surface area (Å²) in [6.07, 6.45) is -3.32. The molecule has 35 heavy (non-hydrogen) atoms. The number of ether oxygens (including phenoxy) is 1. The van der Waals surface area contributed by atoms with Gasteiger partial charge in [0.05, 0.1) is 0 Å². The maximum absolute atomic E-state index is 13.1. The lowest BCUT2D eigenvalue weighted by atomic mass is 10.3. The van der Waals surface area contributed by atoms with Crippen molar-refractivity contribution < 1.29 is 26.3 Å². The van der Waals surface area contributed by atoms with Crippen LogP contribution in [0.1, 0.15) is 11.4 Å². The van der Waals surface area contributed by atoms with E-state index in [1.54, 1.807) is 19.2 Å². The molecule has 1 aliphatic rings. The van der Waals surface area contributed by atoms with Gasteiger partial charge in [0.2, 0.25) is 10.0 Å². The van der Waals surface area contributed by atoms with E-state index in [4.69, 9.17) is 0 Å². The molecule has 0 atom stereocenters. The number of nitrogens with zero attached hydrogens (tertiary/aromatic N) is 5. The molecule has 1 aliphatic heterocycles. The number of hydrogen-bond donors (Lipinski definition) is 1. The van der Waals surface area contributed by atoms with Gasteiger partial charge < -0.3 is 15.0 Å². The van der Waals surface area contributed by atoms with Gasteiger partial charge in [-0.25, -0.2) is 23.4 Å². The molecule has 4 rings (SSSR count). The predicted octanol–water partition coefficient (Wildman–Crippen LogP) is 3.64. The van der Waals surface area contributed by atoms with E-state index in [1.807, 2.05) is 24.0 Å². The van der Waals surface area contributed by atoms with Crippen LogP contribution >= 0.6 is 0 Å². The number of piperazine rings is 1. The van der Waals surface area contributed by atoms with E-state index >= 15 is 0 Å². The molecule has 0 spiro atoms. The quantitative estimate of drug-likeness (QED) is 0.539. The summed E-state index contributed by atoms with van der Waals surface area (Å²) >= 11 is 0. The van der Waals surface area contributed by atoms with Gasteiger partial charge >= 0.3 is 6.36 Å². The highest BCUT2D eigenvalue weighted by atomic mass is 32.2. The minimum absolute atomic E-state index is 0.0634. The van der Waals surface area contributed by atoms with Crippen molar-refractivity contribution in [2.45, 2.75) is 25.1 Å². The standard InChI is InChI=1S/C22H23F3N6O3S/c1-15-7-8-26-19(13-15)29-20-14-21(28-16(2)27-20)30-9-11-31(12-10-30)35(32,33)18-6-4-3-5-17(18)34-22(23,24)25/h3-8,13-14H,9-12H2,1-2H3,(H,26,27,28,29). The summed E-state index contributed by atoms with van der Waals surface area (Å²) in [5.74, 6) is 1.54. The molecular formula is C22H23F3N6O3S. The Morgan fingerprint density at radius 2 is 1.69 bits per heavy atom. The Kier molecular flexibility index (Phi) is 6.81. The Bertz CT molecular complexity index is 1310. The minimum atomic E-state index is -5.01. The summed E-state index contributed by atoms with van der Waals surface area (Å²) in [6.45, 7) is 4.41. The van der Waals surface area contributed by atoms with Gasteiger partial charge in [-0.1, -0.05) is 12.1 Å². The molecule has 1 saturated heterocycles. The van der Waals surface area contributed by atoms with Crippen LogP contribution < -0.4 is 15.0 Å². The molecule has 0 saturated carbocycles. The van der Waals surface area contributed by atoms with Crippen molar-refractivity contribution in [3.63, 3.8) is 0 Å². The second-order valence-corrected chi connectivity index (χ2v) is 9.79. The number of para-hydroxylation sites is 1. The summed E-state index contributed by atoms with van der Waals surface area (Å²) in [6, 6.07) is 10.2. The van der Waals surface area contributed by atoms with Crippen molar-refractivity contribution in [1.82, 2.24) is 19.3 Å². The van der Waals surface area contributed by atoms with Crippen molar-refractivity contribution in [2.75, 3.05) is 36.4 Å². The summed E-state index contributed by atoms with van der Waals surface area (Å²) in [7, 11) is -4.20. The molecule has 186 valence electrons. The number of sulfonamides is 1. The lowest BCUT2D eigenvalue weighted by Gasteiger charge is -2.35. The minimum Gasteiger partial charge on any atom is -0.404 e. The highest BCUT2D eigenvalue weighted by Crippen LogP contribution is 2.32. The fraction of sp³-hybridized carbons (Fsp3) is 0.318. The largest absolute Gasteiger partial charge is 0.573 e. The number of anilines is 3. The van der Waals surface area contributed by atoms with Crippen molar-refractivity contribution in [2.24, 2.45) is 0 Å². The van der Waals surface area contributed by atoms with E-state index in [1.165, 1.54) is 12.1 Å². The lowest BCUT2D eigenvalue weighted by Crippen LogP contribution is -2.49. The molecule has 1 N–H and O–H groups in total. The first-order valence-electron chi connectivity index (χ1n) is 10.7. The summed E-state index contributed by atoms with van der Waals surface area (Å²) in [4.78, 5) is 14.5. The van der Waals surface area contributed by atoms with Crippen LogP contribution in [0, 0.1) is 13.8 Å². The SMILES string of the molecule is Cc1ccnc(Nc2cc(N3CCN(S(=O)(=O)c4ccccc4OC(F)(F)F)CC3)nc(C)n2)c1. The number of benzene rings is 1. The van der Waals surface area contributed by atoms with E-state index in [2.05, 4.69) is 25.0 Å². The molecule has 2 aromatic heterocycles. The number of pyridine rings is 1. The maximum Gasteiger partial charge on any atom is 0.573 e. The van der Waals surface area contributed by atoms with Gasteiger partial charge in [0.25, 0.3) is 0 Å². The number of rotatable bonds is 6. The molecule has 0 bridgehead atoms. The summed E-state index contributed by atoms with van der Waals surface area (Å²) in [5, 5.41) is 3.14. The Morgan fingerprint density at radius 3 is 2.37 bits per heavy atom. The average molecular weight is 509 g/mol. The second-order valence-electron chi connectivity index (χ2n) is 7.89. The third-order valence-corrected chi connectivity index (χ3v) is 7.19. The van der Waals surface area contributed by atoms with Crippen LogP contribution in [0.4, 0.5) is 30.6 Å². The Balaban J connectivity index is 1.49. The molecule has 1 fully saturated rings. The van der Waals surface area contributed by atoms with Gasteiger partial charge in [0.15, 0.2) is 0 Å². The summed E-state index contributed by atoms with van der Waals surface area (Å²) in [5.41, 5.74) is 1.04. The van der Waals surface area contributed by atoms with E-state index in [9.17, 15) is 21.6 Å². The number of aromatic nitrogens is 3. The van der Waals surface area contributed by atoms with Gasteiger partial charge in [-0.3, -0.25) is 0 Å². The Hall–Kier alpha value is -3.45. The van der Waals surface area contributed by atoms with Crippen molar-refractivity contribution >= 4 is 27.5 Å². The zero-order valence-corrected chi connectivity index (χ0v) is 19.8. The predicted molar refractivity (Wildman–Crippen MR) is 123 cm³/mol. The van der Waals surface area contributed by atoms with Crippen LogP contribution in [0.2, 0.25) is 0 Å². The second kappa shape index (κ2) is 9.66. The molecule has 3 aromatic rings. The molecule has 0 radical (unpaired) electrons. The van der Waals surface area contributed by atoms with Crippen molar-refractivity contribution in [3.8, 4) is 5.75 Å². The summed E-state index contributed by atoms with van der Waals surface area (Å²) < 4.78 is 69.5. The van der Waals surface area contributed by atoms with Gasteiger partial charge in [0.1, 0.15) is 33.9 Å². The smallest absolute Gasteiger partial charge is 0.404 e. The number of alkyl halides is 3. The molecule has 0 unspecified atom stereocenters. The van der Waals surface area contributed by atoms with Gasteiger partial charge in [-0.15, -0.1) is 13.2 Å². The van der Waals surface area contributed by atoms with Crippen molar-refractivity contribution in [3.05, 3.63) is 60.0 Å². The number of halogens is 3.